The van der Waals surface area contributed by atoms with Crippen LogP contribution in [0.1, 0.15) is 23.6 Å². The summed E-state index contributed by atoms with van der Waals surface area (Å²) in [6.45, 7) is 2.51. The molecule has 0 aliphatic rings. The number of fused-ring (bicyclic) bond motifs is 3. The average Bonchev–Trinajstić information content (AvgIpc) is 3.37. The number of aromatic nitrogens is 4. The number of benzene rings is 2. The second-order valence-corrected chi connectivity index (χ2v) is 8.32. The van der Waals surface area contributed by atoms with E-state index in [2.05, 4.69) is 12.0 Å². The van der Waals surface area contributed by atoms with Crippen LogP contribution in [0, 0.1) is 5.82 Å². The van der Waals surface area contributed by atoms with Gasteiger partial charge in [-0.15, -0.1) is 16.4 Å². The molecule has 0 spiro atoms. The lowest BCUT2D eigenvalue weighted by Gasteiger charge is -2.08. The molecule has 5 rings (SSSR count). The van der Waals surface area contributed by atoms with Gasteiger partial charge in [-0.1, -0.05) is 43.3 Å². The van der Waals surface area contributed by atoms with Crippen molar-refractivity contribution in [2.45, 2.75) is 26.4 Å². The molecule has 3 aromatic heterocycles. The topological polar surface area (TPSA) is 61.3 Å². The van der Waals surface area contributed by atoms with E-state index < -0.39 is 0 Å². The maximum absolute atomic E-state index is 13.6. The average molecular weight is 434 g/mol. The van der Waals surface area contributed by atoms with E-state index in [1.165, 1.54) is 42.7 Å². The van der Waals surface area contributed by atoms with Crippen LogP contribution in [-0.2, 0) is 19.5 Å². The van der Waals surface area contributed by atoms with Crippen LogP contribution in [0.2, 0.25) is 0 Å². The predicted molar refractivity (Wildman–Crippen MR) is 120 cm³/mol. The highest BCUT2D eigenvalue weighted by Crippen LogP contribution is 2.18. The quantitative estimate of drug-likeness (QED) is 0.424. The molecule has 0 atom stereocenters. The van der Waals surface area contributed by atoms with E-state index in [0.717, 1.165) is 12.0 Å². The third-order valence-corrected chi connectivity index (χ3v) is 6.27. The number of rotatable bonds is 5. The molecule has 0 saturated carbocycles. The van der Waals surface area contributed by atoms with Crippen LogP contribution in [0.4, 0.5) is 4.39 Å². The van der Waals surface area contributed by atoms with Crippen molar-refractivity contribution in [3.63, 3.8) is 0 Å². The second kappa shape index (κ2) is 7.63. The molecule has 2 aromatic carbocycles. The number of aryl methyl sites for hydroxylation is 1. The van der Waals surface area contributed by atoms with E-state index in [0.29, 0.717) is 22.3 Å². The highest BCUT2D eigenvalue weighted by molar-refractivity contribution is 7.17. The summed E-state index contributed by atoms with van der Waals surface area (Å²) in [5, 5.41) is 6.26. The van der Waals surface area contributed by atoms with Gasteiger partial charge in [-0.3, -0.25) is 9.36 Å². The van der Waals surface area contributed by atoms with E-state index >= 15 is 0 Å². The molecule has 0 fully saturated rings. The first kappa shape index (κ1) is 19.4. The number of nitrogens with zero attached hydrogens (tertiary/aromatic N) is 4. The molecule has 8 heteroatoms. The molecule has 0 N–H and O–H groups in total. The van der Waals surface area contributed by atoms with E-state index in [1.807, 2.05) is 24.3 Å². The van der Waals surface area contributed by atoms with Crippen LogP contribution in [0.3, 0.4) is 0 Å². The Hall–Kier alpha value is -3.52. The smallest absolute Gasteiger partial charge is 0.271 e. The van der Waals surface area contributed by atoms with E-state index in [-0.39, 0.29) is 29.4 Å². The maximum Gasteiger partial charge on any atom is 0.352 e. The van der Waals surface area contributed by atoms with Gasteiger partial charge in [0.25, 0.3) is 5.56 Å². The molecule has 156 valence electrons. The molecule has 0 bridgehead atoms. The van der Waals surface area contributed by atoms with Gasteiger partial charge in [0.05, 0.1) is 18.6 Å². The summed E-state index contributed by atoms with van der Waals surface area (Å²) in [7, 11) is 0. The summed E-state index contributed by atoms with van der Waals surface area (Å²) >= 11 is 1.30. The Labute approximate surface area is 180 Å². The summed E-state index contributed by atoms with van der Waals surface area (Å²) in [4.78, 5) is 26.4. The number of hydrogen-bond donors (Lipinski definition) is 0. The van der Waals surface area contributed by atoms with E-state index in [1.54, 1.807) is 23.6 Å². The van der Waals surface area contributed by atoms with Gasteiger partial charge in [0.1, 0.15) is 10.5 Å². The Balaban J connectivity index is 1.69. The molecule has 0 aliphatic heterocycles. The van der Waals surface area contributed by atoms with Crippen molar-refractivity contribution < 1.29 is 4.39 Å². The van der Waals surface area contributed by atoms with Gasteiger partial charge < -0.3 is 0 Å². The monoisotopic (exact) mass is 434 g/mol. The first-order valence-electron chi connectivity index (χ1n) is 9.97. The fraction of sp³-hybridized carbons (Fsp3) is 0.174. The zero-order valence-corrected chi connectivity index (χ0v) is 17.6. The Kier molecular flexibility index (Phi) is 4.78. The van der Waals surface area contributed by atoms with Gasteiger partial charge in [0.2, 0.25) is 5.78 Å². The van der Waals surface area contributed by atoms with Crippen LogP contribution >= 0.6 is 11.3 Å². The SMILES string of the molecule is CCc1ccc(Cn2c(=O)c3sccc3n3c(=O)n(Cc4cccc(F)c4)nc23)cc1. The van der Waals surface area contributed by atoms with Crippen molar-refractivity contribution in [1.82, 2.24) is 18.7 Å². The lowest BCUT2D eigenvalue weighted by molar-refractivity contribution is 0.615. The Bertz CT molecular complexity index is 1530. The van der Waals surface area contributed by atoms with Gasteiger partial charge in [0.15, 0.2) is 0 Å². The standard InChI is InChI=1S/C23H19FN4O2S/c1-2-15-6-8-16(9-7-15)13-26-21(29)20-19(10-11-31-20)28-22(26)25-27(23(28)30)14-17-4-3-5-18(24)12-17/h3-12H,2,13-14H2,1H3. The summed E-state index contributed by atoms with van der Waals surface area (Å²) in [6, 6.07) is 15.9. The van der Waals surface area contributed by atoms with Gasteiger partial charge in [-0.05, 0) is 46.7 Å². The zero-order valence-electron chi connectivity index (χ0n) is 16.8. The van der Waals surface area contributed by atoms with Crippen molar-refractivity contribution in [1.29, 1.82) is 0 Å². The Morgan fingerprint density at radius 1 is 0.968 bits per heavy atom. The zero-order chi connectivity index (χ0) is 21.5. The minimum Gasteiger partial charge on any atom is -0.271 e. The minimum atomic E-state index is -0.373. The number of hydrogen-bond acceptors (Lipinski definition) is 4. The third kappa shape index (κ3) is 3.38. The van der Waals surface area contributed by atoms with Gasteiger partial charge in [0, 0.05) is 0 Å². The molecule has 0 aliphatic carbocycles. The molecule has 31 heavy (non-hydrogen) atoms. The lowest BCUT2D eigenvalue weighted by Crippen LogP contribution is -2.26. The first-order chi connectivity index (χ1) is 15.0. The fourth-order valence-electron chi connectivity index (χ4n) is 3.75. The summed E-state index contributed by atoms with van der Waals surface area (Å²) in [5.74, 6) is -0.0983. The van der Waals surface area contributed by atoms with Crippen LogP contribution in [0.15, 0.2) is 69.6 Å². The van der Waals surface area contributed by atoms with Crippen molar-refractivity contribution >= 4 is 27.3 Å². The Morgan fingerprint density at radius 2 is 1.74 bits per heavy atom. The van der Waals surface area contributed by atoms with Crippen molar-refractivity contribution in [3.8, 4) is 0 Å². The summed E-state index contributed by atoms with van der Waals surface area (Å²) in [5.41, 5.74) is 2.78. The number of thiophene rings is 1. The van der Waals surface area contributed by atoms with Crippen molar-refractivity contribution in [3.05, 3.63) is 103 Å². The highest BCUT2D eigenvalue weighted by atomic mass is 32.1. The van der Waals surface area contributed by atoms with Gasteiger partial charge in [-0.25, -0.2) is 18.3 Å². The molecular weight excluding hydrogens is 415 g/mol. The van der Waals surface area contributed by atoms with Crippen molar-refractivity contribution in [2.24, 2.45) is 0 Å². The molecule has 6 nitrogen and oxygen atoms in total. The molecular formula is C23H19FN4O2S. The molecule has 0 amide bonds. The summed E-state index contributed by atoms with van der Waals surface area (Å²) < 4.78 is 18.4. The first-order valence-corrected chi connectivity index (χ1v) is 10.8. The third-order valence-electron chi connectivity index (χ3n) is 5.38. The minimum absolute atomic E-state index is 0.114. The fourth-order valence-corrected chi connectivity index (χ4v) is 4.57. The van der Waals surface area contributed by atoms with E-state index in [4.69, 9.17) is 0 Å². The van der Waals surface area contributed by atoms with Crippen molar-refractivity contribution in [2.75, 3.05) is 0 Å². The number of halogens is 1. The van der Waals surface area contributed by atoms with Gasteiger partial charge >= 0.3 is 5.69 Å². The normalized spacial score (nSPS) is 11.5. The van der Waals surface area contributed by atoms with Crippen LogP contribution in [0.25, 0.3) is 16.0 Å². The molecule has 0 unspecified atom stereocenters. The largest absolute Gasteiger partial charge is 0.352 e. The summed E-state index contributed by atoms with van der Waals surface area (Å²) in [6.07, 6.45) is 0.936. The van der Waals surface area contributed by atoms with Gasteiger partial charge in [-0.2, -0.15) is 0 Å². The van der Waals surface area contributed by atoms with Crippen LogP contribution < -0.4 is 11.2 Å². The van der Waals surface area contributed by atoms with Crippen LogP contribution in [-0.4, -0.2) is 18.7 Å². The van der Waals surface area contributed by atoms with Crippen LogP contribution in [0.5, 0.6) is 0 Å². The second-order valence-electron chi connectivity index (χ2n) is 7.40. The maximum atomic E-state index is 13.6. The lowest BCUT2D eigenvalue weighted by atomic mass is 10.1. The highest BCUT2D eigenvalue weighted by Gasteiger charge is 2.18. The molecule has 3 heterocycles. The Morgan fingerprint density at radius 3 is 2.48 bits per heavy atom. The van der Waals surface area contributed by atoms with E-state index in [9.17, 15) is 14.0 Å². The molecule has 5 aromatic rings. The predicted octanol–water partition coefficient (Wildman–Crippen LogP) is 3.67. The molecule has 0 radical (unpaired) electrons. The molecule has 0 saturated heterocycles.